The van der Waals surface area contributed by atoms with Gasteiger partial charge in [0.1, 0.15) is 5.78 Å². The Kier molecular flexibility index (Phi) is 2.97. The van der Waals surface area contributed by atoms with Crippen molar-refractivity contribution in [3.63, 3.8) is 0 Å². The third-order valence-corrected chi connectivity index (χ3v) is 2.93. The molecule has 0 aromatic heterocycles. The average molecular weight is 227 g/mol. The number of Topliss-reactive ketones (excluding diaryl/α,β-unsaturated/α-hetero) is 1. The van der Waals surface area contributed by atoms with Crippen molar-refractivity contribution < 1.29 is 9.59 Å². The van der Waals surface area contributed by atoms with Gasteiger partial charge in [0.15, 0.2) is 0 Å². The van der Waals surface area contributed by atoms with Gasteiger partial charge in [-0.2, -0.15) is 0 Å². The monoisotopic (exact) mass is 227 g/mol. The lowest BCUT2D eigenvalue weighted by atomic mass is 10.0. The van der Waals surface area contributed by atoms with E-state index in [2.05, 4.69) is 5.92 Å². The van der Waals surface area contributed by atoms with Gasteiger partial charge < -0.3 is 4.90 Å². The van der Waals surface area contributed by atoms with Gasteiger partial charge in [-0.05, 0) is 18.6 Å². The highest BCUT2D eigenvalue weighted by molar-refractivity contribution is 6.00. The summed E-state index contributed by atoms with van der Waals surface area (Å²) in [5.41, 5.74) is 1.57. The number of benzene rings is 1. The van der Waals surface area contributed by atoms with E-state index in [4.69, 9.17) is 6.42 Å². The Morgan fingerprint density at radius 3 is 2.82 bits per heavy atom. The molecule has 1 aromatic carbocycles. The van der Waals surface area contributed by atoms with Crippen LogP contribution in [0.3, 0.4) is 0 Å². The number of terminal acetylenes is 1. The van der Waals surface area contributed by atoms with E-state index in [0.717, 1.165) is 5.56 Å². The summed E-state index contributed by atoms with van der Waals surface area (Å²) < 4.78 is 0. The van der Waals surface area contributed by atoms with Crippen molar-refractivity contribution in [3.05, 3.63) is 35.4 Å². The molecule has 17 heavy (non-hydrogen) atoms. The van der Waals surface area contributed by atoms with E-state index in [9.17, 15) is 9.59 Å². The number of rotatable bonds is 3. The van der Waals surface area contributed by atoms with E-state index in [-0.39, 0.29) is 24.3 Å². The molecule has 0 bridgehead atoms. The Labute approximate surface area is 100 Å². The molecule has 0 N–H and O–H groups in total. The van der Waals surface area contributed by atoms with Crippen LogP contribution in [0.1, 0.15) is 35.3 Å². The molecule has 1 aliphatic heterocycles. The second-order valence-electron chi connectivity index (χ2n) is 4.15. The highest BCUT2D eigenvalue weighted by Crippen LogP contribution is 2.35. The highest BCUT2D eigenvalue weighted by Gasteiger charge is 2.36. The van der Waals surface area contributed by atoms with Crippen LogP contribution >= 0.6 is 0 Å². The predicted molar refractivity (Wildman–Crippen MR) is 64.4 cm³/mol. The van der Waals surface area contributed by atoms with Crippen LogP contribution in [0.5, 0.6) is 0 Å². The zero-order valence-corrected chi connectivity index (χ0v) is 9.64. The van der Waals surface area contributed by atoms with Crippen LogP contribution in [0.15, 0.2) is 24.3 Å². The molecule has 1 unspecified atom stereocenters. The topological polar surface area (TPSA) is 37.4 Å². The first kappa shape index (κ1) is 11.4. The summed E-state index contributed by atoms with van der Waals surface area (Å²) in [5.74, 6) is 2.45. The average Bonchev–Trinajstić information content (AvgIpc) is 2.55. The lowest BCUT2D eigenvalue weighted by Gasteiger charge is -2.22. The maximum absolute atomic E-state index is 12.1. The SMILES string of the molecule is C#CCN1C(=O)c2ccccc2C1CC(C)=O. The lowest BCUT2D eigenvalue weighted by molar-refractivity contribution is -0.117. The zero-order valence-electron chi connectivity index (χ0n) is 9.64. The van der Waals surface area contributed by atoms with Gasteiger partial charge in [-0.25, -0.2) is 0 Å². The Bertz CT molecular complexity index is 513. The molecule has 86 valence electrons. The second-order valence-corrected chi connectivity index (χ2v) is 4.15. The minimum absolute atomic E-state index is 0.0570. The van der Waals surface area contributed by atoms with Crippen molar-refractivity contribution in [1.29, 1.82) is 0 Å². The number of ketones is 1. The maximum Gasteiger partial charge on any atom is 0.255 e. The number of fused-ring (bicyclic) bond motifs is 1. The van der Waals surface area contributed by atoms with Crippen molar-refractivity contribution in [2.75, 3.05) is 6.54 Å². The largest absolute Gasteiger partial charge is 0.320 e. The first-order valence-corrected chi connectivity index (χ1v) is 5.48. The van der Waals surface area contributed by atoms with Gasteiger partial charge >= 0.3 is 0 Å². The third kappa shape index (κ3) is 1.94. The van der Waals surface area contributed by atoms with Crippen LogP contribution in [0.4, 0.5) is 0 Å². The van der Waals surface area contributed by atoms with Gasteiger partial charge in [0.05, 0.1) is 12.6 Å². The summed E-state index contributed by atoms with van der Waals surface area (Å²) >= 11 is 0. The van der Waals surface area contributed by atoms with E-state index in [1.165, 1.54) is 6.92 Å². The van der Waals surface area contributed by atoms with Gasteiger partial charge in [-0.3, -0.25) is 9.59 Å². The summed E-state index contributed by atoms with van der Waals surface area (Å²) in [6.45, 7) is 1.77. The van der Waals surface area contributed by atoms with Gasteiger partial charge in [0.25, 0.3) is 5.91 Å². The first-order chi connectivity index (χ1) is 8.15. The fourth-order valence-electron chi connectivity index (χ4n) is 2.22. The van der Waals surface area contributed by atoms with Gasteiger partial charge in [-0.15, -0.1) is 6.42 Å². The molecule has 3 heteroatoms. The predicted octanol–water partition coefficient (Wildman–Crippen LogP) is 1.80. The summed E-state index contributed by atoms with van der Waals surface area (Å²) in [6, 6.07) is 7.16. The van der Waals surface area contributed by atoms with E-state index >= 15 is 0 Å². The first-order valence-electron chi connectivity index (χ1n) is 5.48. The minimum atomic E-state index is -0.202. The van der Waals surface area contributed by atoms with Crippen molar-refractivity contribution in [1.82, 2.24) is 4.90 Å². The standard InChI is InChI=1S/C14H13NO2/c1-3-8-15-13(9-10(2)16)11-6-4-5-7-12(11)14(15)17/h1,4-7,13H,8-9H2,2H3. The Morgan fingerprint density at radius 2 is 2.18 bits per heavy atom. The van der Waals surface area contributed by atoms with Crippen molar-refractivity contribution >= 4 is 11.7 Å². The molecular weight excluding hydrogens is 214 g/mol. The van der Waals surface area contributed by atoms with Crippen molar-refractivity contribution in [2.45, 2.75) is 19.4 Å². The minimum Gasteiger partial charge on any atom is -0.320 e. The van der Waals surface area contributed by atoms with Crippen LogP contribution < -0.4 is 0 Å². The molecule has 1 atom stereocenters. The van der Waals surface area contributed by atoms with Crippen molar-refractivity contribution in [2.24, 2.45) is 0 Å². The smallest absolute Gasteiger partial charge is 0.255 e. The van der Waals surface area contributed by atoms with Crippen LogP contribution in [-0.4, -0.2) is 23.1 Å². The van der Waals surface area contributed by atoms with Crippen LogP contribution in [0.25, 0.3) is 0 Å². The summed E-state index contributed by atoms with van der Waals surface area (Å²) in [7, 11) is 0. The molecule has 1 amide bonds. The molecule has 0 spiro atoms. The molecule has 0 fully saturated rings. The summed E-state index contributed by atoms with van der Waals surface area (Å²) in [4.78, 5) is 25.0. The van der Waals surface area contributed by atoms with Crippen molar-refractivity contribution in [3.8, 4) is 12.3 Å². The number of hydrogen-bond acceptors (Lipinski definition) is 2. The highest BCUT2D eigenvalue weighted by atomic mass is 16.2. The molecular formula is C14H13NO2. The Balaban J connectivity index is 2.42. The summed E-state index contributed by atoms with van der Waals surface area (Å²) in [6.07, 6.45) is 5.59. The lowest BCUT2D eigenvalue weighted by Crippen LogP contribution is -2.29. The van der Waals surface area contributed by atoms with E-state index < -0.39 is 0 Å². The van der Waals surface area contributed by atoms with Gasteiger partial charge in [-0.1, -0.05) is 24.1 Å². The molecule has 1 heterocycles. The molecule has 0 saturated carbocycles. The fourth-order valence-corrected chi connectivity index (χ4v) is 2.22. The van der Waals surface area contributed by atoms with Gasteiger partial charge in [0, 0.05) is 12.0 Å². The Morgan fingerprint density at radius 1 is 1.47 bits per heavy atom. The number of amides is 1. The van der Waals surface area contributed by atoms with E-state index in [0.29, 0.717) is 12.0 Å². The van der Waals surface area contributed by atoms with E-state index in [1.54, 1.807) is 11.0 Å². The second kappa shape index (κ2) is 4.42. The number of nitrogens with zero attached hydrogens (tertiary/aromatic N) is 1. The molecule has 1 aliphatic rings. The maximum atomic E-state index is 12.1. The normalized spacial score (nSPS) is 17.8. The van der Waals surface area contributed by atoms with E-state index in [1.807, 2.05) is 18.2 Å². The quantitative estimate of drug-likeness (QED) is 0.738. The zero-order chi connectivity index (χ0) is 12.4. The number of hydrogen-bond donors (Lipinski definition) is 0. The fraction of sp³-hybridized carbons (Fsp3) is 0.286. The number of carbonyl (C=O) groups is 2. The van der Waals surface area contributed by atoms with Crippen LogP contribution in [-0.2, 0) is 4.79 Å². The van der Waals surface area contributed by atoms with Crippen LogP contribution in [0, 0.1) is 12.3 Å². The third-order valence-electron chi connectivity index (χ3n) is 2.93. The van der Waals surface area contributed by atoms with Gasteiger partial charge in [0.2, 0.25) is 0 Å². The molecule has 3 nitrogen and oxygen atoms in total. The molecule has 2 rings (SSSR count). The molecule has 0 radical (unpaired) electrons. The Hall–Kier alpha value is -2.08. The number of carbonyl (C=O) groups excluding carboxylic acids is 2. The molecule has 0 aliphatic carbocycles. The summed E-state index contributed by atoms with van der Waals surface area (Å²) in [5, 5.41) is 0. The van der Waals surface area contributed by atoms with Crippen LogP contribution in [0.2, 0.25) is 0 Å². The molecule has 0 saturated heterocycles. The molecule has 1 aromatic rings.